The van der Waals surface area contributed by atoms with Crippen LogP contribution in [0.5, 0.6) is 0 Å². The second-order valence-corrected chi connectivity index (χ2v) is 8.62. The maximum Gasteiger partial charge on any atom is 0.332 e. The summed E-state index contributed by atoms with van der Waals surface area (Å²) in [6.45, 7) is 0.635. The van der Waals surface area contributed by atoms with E-state index in [2.05, 4.69) is 10.6 Å². The molecule has 1 aromatic carbocycles. The van der Waals surface area contributed by atoms with Gasteiger partial charge in [-0.05, 0) is 48.6 Å². The first kappa shape index (κ1) is 22.9. The minimum atomic E-state index is -0.659. The van der Waals surface area contributed by atoms with E-state index in [4.69, 9.17) is 4.74 Å². The van der Waals surface area contributed by atoms with E-state index >= 15 is 0 Å². The Morgan fingerprint density at radius 3 is 2.64 bits per heavy atom. The number of amides is 2. The van der Waals surface area contributed by atoms with E-state index in [0.717, 1.165) is 17.4 Å². The highest BCUT2D eigenvalue weighted by Gasteiger charge is 2.19. The summed E-state index contributed by atoms with van der Waals surface area (Å²) in [6.07, 6.45) is 1.66. The standard InChI is InChI=1S/C22H23FN4O5S/c23-14-3-5-15(6-4-14)25-18(28)7-9-26-21(30)20-17(8-11-33-20)27(22(26)31)13-19(29)24-12-16-2-1-10-32-16/h3-6,8,11,16H,1-2,7,9-10,12-13H2,(H,24,29)(H,25,28). The lowest BCUT2D eigenvalue weighted by Gasteiger charge is -2.14. The Hall–Kier alpha value is -3.31. The third kappa shape index (κ3) is 5.37. The minimum absolute atomic E-state index is 0.0274. The third-order valence-electron chi connectivity index (χ3n) is 5.38. The van der Waals surface area contributed by atoms with Gasteiger partial charge in [0.2, 0.25) is 11.8 Å². The Morgan fingerprint density at radius 1 is 1.12 bits per heavy atom. The highest BCUT2D eigenvalue weighted by Crippen LogP contribution is 2.16. The molecule has 1 saturated heterocycles. The van der Waals surface area contributed by atoms with Gasteiger partial charge in [0.15, 0.2) is 0 Å². The van der Waals surface area contributed by atoms with Crippen LogP contribution in [0, 0.1) is 5.82 Å². The van der Waals surface area contributed by atoms with E-state index in [1.807, 2.05) is 0 Å². The Kier molecular flexibility index (Phi) is 6.99. The maximum absolute atomic E-state index is 13.1. The molecule has 11 heteroatoms. The molecule has 2 amide bonds. The molecule has 3 heterocycles. The molecule has 33 heavy (non-hydrogen) atoms. The lowest BCUT2D eigenvalue weighted by molar-refractivity contribution is -0.122. The van der Waals surface area contributed by atoms with Gasteiger partial charge in [-0.3, -0.25) is 23.5 Å². The van der Waals surface area contributed by atoms with Crippen LogP contribution in [0.15, 0.2) is 45.3 Å². The summed E-state index contributed by atoms with van der Waals surface area (Å²) in [7, 11) is 0. The number of fused-ring (bicyclic) bond motifs is 1. The number of thiophene rings is 1. The van der Waals surface area contributed by atoms with Crippen LogP contribution in [-0.2, 0) is 27.4 Å². The fraction of sp³-hybridized carbons (Fsp3) is 0.364. The zero-order valence-electron chi connectivity index (χ0n) is 17.7. The van der Waals surface area contributed by atoms with Gasteiger partial charge in [-0.25, -0.2) is 9.18 Å². The number of rotatable bonds is 8. The molecule has 4 rings (SSSR count). The first-order valence-electron chi connectivity index (χ1n) is 10.6. The van der Waals surface area contributed by atoms with Gasteiger partial charge in [0.1, 0.15) is 17.1 Å². The van der Waals surface area contributed by atoms with Crippen molar-refractivity contribution in [3.8, 4) is 0 Å². The van der Waals surface area contributed by atoms with Gasteiger partial charge in [-0.1, -0.05) is 0 Å². The van der Waals surface area contributed by atoms with Crippen LogP contribution in [0.2, 0.25) is 0 Å². The highest BCUT2D eigenvalue weighted by atomic mass is 32.1. The number of anilines is 1. The van der Waals surface area contributed by atoms with Crippen LogP contribution in [0.1, 0.15) is 19.3 Å². The fourth-order valence-electron chi connectivity index (χ4n) is 3.69. The normalized spacial score (nSPS) is 15.6. The van der Waals surface area contributed by atoms with Crippen molar-refractivity contribution >= 4 is 39.1 Å². The number of carbonyl (C=O) groups excluding carboxylic acids is 2. The SMILES string of the molecule is O=C(Cn1c(=O)n(CCC(=O)Nc2ccc(F)cc2)c(=O)c2sccc21)NCC1CCCO1. The largest absolute Gasteiger partial charge is 0.376 e. The second kappa shape index (κ2) is 10.1. The number of ether oxygens (including phenoxy) is 1. The Morgan fingerprint density at radius 2 is 1.91 bits per heavy atom. The summed E-state index contributed by atoms with van der Waals surface area (Å²) in [5.41, 5.74) is -0.375. The van der Waals surface area contributed by atoms with Gasteiger partial charge >= 0.3 is 5.69 Å². The molecule has 2 N–H and O–H groups in total. The summed E-state index contributed by atoms with van der Waals surface area (Å²) in [6, 6.07) is 6.89. The number of aromatic nitrogens is 2. The molecule has 1 atom stereocenters. The van der Waals surface area contributed by atoms with E-state index in [1.165, 1.54) is 40.2 Å². The number of benzene rings is 1. The molecule has 0 aliphatic carbocycles. The molecule has 0 bridgehead atoms. The lowest BCUT2D eigenvalue weighted by Crippen LogP contribution is -2.43. The van der Waals surface area contributed by atoms with Crippen molar-refractivity contribution in [2.75, 3.05) is 18.5 Å². The predicted octanol–water partition coefficient (Wildman–Crippen LogP) is 1.69. The minimum Gasteiger partial charge on any atom is -0.376 e. The van der Waals surface area contributed by atoms with Crippen molar-refractivity contribution in [3.05, 3.63) is 62.4 Å². The van der Waals surface area contributed by atoms with Crippen LogP contribution in [0.3, 0.4) is 0 Å². The summed E-state index contributed by atoms with van der Waals surface area (Å²) < 4.78 is 21.1. The van der Waals surface area contributed by atoms with Crippen LogP contribution in [0.25, 0.3) is 10.2 Å². The zero-order chi connectivity index (χ0) is 23.4. The quantitative estimate of drug-likeness (QED) is 0.516. The number of carbonyl (C=O) groups is 2. The van der Waals surface area contributed by atoms with E-state index in [-0.39, 0.29) is 31.5 Å². The molecular weight excluding hydrogens is 451 g/mol. The molecule has 1 aliphatic heterocycles. The van der Waals surface area contributed by atoms with E-state index < -0.39 is 23.0 Å². The van der Waals surface area contributed by atoms with Crippen molar-refractivity contribution in [2.45, 2.75) is 38.5 Å². The topological polar surface area (TPSA) is 111 Å². The lowest BCUT2D eigenvalue weighted by atomic mass is 10.2. The van der Waals surface area contributed by atoms with E-state index in [0.29, 0.717) is 29.1 Å². The van der Waals surface area contributed by atoms with Crippen molar-refractivity contribution in [3.63, 3.8) is 0 Å². The van der Waals surface area contributed by atoms with Gasteiger partial charge in [-0.2, -0.15) is 0 Å². The molecule has 2 aromatic heterocycles. The molecule has 3 aromatic rings. The van der Waals surface area contributed by atoms with Crippen molar-refractivity contribution in [2.24, 2.45) is 0 Å². The van der Waals surface area contributed by atoms with Gasteiger partial charge in [0.25, 0.3) is 5.56 Å². The van der Waals surface area contributed by atoms with Crippen LogP contribution >= 0.6 is 11.3 Å². The Bertz CT molecular complexity index is 1270. The molecular formula is C22H23FN4O5S. The summed E-state index contributed by atoms with van der Waals surface area (Å²) in [5, 5.41) is 7.05. The van der Waals surface area contributed by atoms with E-state index in [9.17, 15) is 23.6 Å². The average molecular weight is 475 g/mol. The summed E-state index contributed by atoms with van der Waals surface area (Å²) in [4.78, 5) is 50.6. The van der Waals surface area contributed by atoms with Crippen molar-refractivity contribution in [1.29, 1.82) is 0 Å². The zero-order valence-corrected chi connectivity index (χ0v) is 18.5. The molecule has 1 unspecified atom stereocenters. The second-order valence-electron chi connectivity index (χ2n) is 7.70. The summed E-state index contributed by atoms with van der Waals surface area (Å²) >= 11 is 1.17. The molecule has 1 aliphatic rings. The molecule has 174 valence electrons. The molecule has 1 fully saturated rings. The Balaban J connectivity index is 1.49. The van der Waals surface area contributed by atoms with Gasteiger partial charge < -0.3 is 15.4 Å². The molecule has 0 spiro atoms. The third-order valence-corrected chi connectivity index (χ3v) is 6.27. The fourth-order valence-corrected chi connectivity index (χ4v) is 4.53. The number of halogens is 1. The number of nitrogens with zero attached hydrogens (tertiary/aromatic N) is 2. The number of hydrogen-bond donors (Lipinski definition) is 2. The monoisotopic (exact) mass is 474 g/mol. The van der Waals surface area contributed by atoms with Crippen LogP contribution in [-0.4, -0.2) is 40.2 Å². The first-order chi connectivity index (χ1) is 15.9. The number of hydrogen-bond acceptors (Lipinski definition) is 6. The predicted molar refractivity (Wildman–Crippen MR) is 122 cm³/mol. The highest BCUT2D eigenvalue weighted by molar-refractivity contribution is 7.17. The molecule has 9 nitrogen and oxygen atoms in total. The van der Waals surface area contributed by atoms with Gasteiger partial charge in [-0.15, -0.1) is 11.3 Å². The van der Waals surface area contributed by atoms with Crippen LogP contribution < -0.4 is 21.9 Å². The summed E-state index contributed by atoms with van der Waals surface area (Å²) in [5.74, 6) is -1.22. The van der Waals surface area contributed by atoms with E-state index in [1.54, 1.807) is 11.4 Å². The smallest absolute Gasteiger partial charge is 0.332 e. The van der Waals surface area contributed by atoms with Crippen molar-refractivity contribution in [1.82, 2.24) is 14.5 Å². The molecule has 0 radical (unpaired) electrons. The Labute approximate surface area is 191 Å². The number of nitrogens with one attached hydrogen (secondary N) is 2. The maximum atomic E-state index is 13.1. The first-order valence-corrected chi connectivity index (χ1v) is 11.4. The van der Waals surface area contributed by atoms with Gasteiger partial charge in [0.05, 0.1) is 11.6 Å². The van der Waals surface area contributed by atoms with Gasteiger partial charge in [0, 0.05) is 31.8 Å². The van der Waals surface area contributed by atoms with Crippen LogP contribution in [0.4, 0.5) is 10.1 Å². The van der Waals surface area contributed by atoms with Crippen molar-refractivity contribution < 1.29 is 18.7 Å². The average Bonchev–Trinajstić information content (AvgIpc) is 3.49. The molecule has 0 saturated carbocycles.